The van der Waals surface area contributed by atoms with Gasteiger partial charge in [-0.1, -0.05) is 19.1 Å². The SMILES string of the molecule is CCOc1cc(=O)[nH]cc1-c1ccc(CC(=O)Nc2cc(C(=O)NCCN3CC[C@@H](C)C3)cc(C(F)(F)F)c2)c(F)c1. The van der Waals surface area contributed by atoms with Gasteiger partial charge in [-0.3, -0.25) is 14.4 Å². The summed E-state index contributed by atoms with van der Waals surface area (Å²) in [5.74, 6) is -1.37. The number of carbonyl (C=O) groups excluding carboxylic acids is 2. The number of nitrogens with one attached hydrogen (secondary N) is 3. The molecule has 8 nitrogen and oxygen atoms in total. The first-order valence-corrected chi connectivity index (χ1v) is 13.6. The van der Waals surface area contributed by atoms with Gasteiger partial charge in [0.25, 0.3) is 11.5 Å². The quantitative estimate of drug-likeness (QED) is 0.294. The van der Waals surface area contributed by atoms with Crippen LogP contribution in [-0.4, -0.2) is 54.5 Å². The van der Waals surface area contributed by atoms with Crippen molar-refractivity contribution in [3.63, 3.8) is 0 Å². The van der Waals surface area contributed by atoms with Crippen molar-refractivity contribution in [3.8, 4) is 16.9 Å². The van der Waals surface area contributed by atoms with E-state index in [1.54, 1.807) is 6.92 Å². The van der Waals surface area contributed by atoms with Gasteiger partial charge in [0.05, 0.1) is 18.6 Å². The minimum absolute atomic E-state index is 0.000178. The lowest BCUT2D eigenvalue weighted by molar-refractivity contribution is -0.137. The summed E-state index contributed by atoms with van der Waals surface area (Å²) in [4.78, 5) is 41.7. The highest BCUT2D eigenvalue weighted by Gasteiger charge is 2.32. The van der Waals surface area contributed by atoms with Gasteiger partial charge in [0, 0.05) is 48.7 Å². The van der Waals surface area contributed by atoms with Gasteiger partial charge in [-0.15, -0.1) is 0 Å². The molecule has 0 bridgehead atoms. The molecule has 0 saturated carbocycles. The molecular weight excluding hydrogens is 556 g/mol. The Labute approximate surface area is 240 Å². The van der Waals surface area contributed by atoms with E-state index in [1.807, 2.05) is 0 Å². The molecule has 2 aromatic carbocycles. The maximum absolute atomic E-state index is 15.0. The fourth-order valence-corrected chi connectivity index (χ4v) is 4.84. The molecule has 3 N–H and O–H groups in total. The highest BCUT2D eigenvalue weighted by molar-refractivity contribution is 5.98. The molecule has 2 amide bonds. The summed E-state index contributed by atoms with van der Waals surface area (Å²) in [7, 11) is 0. The zero-order valence-corrected chi connectivity index (χ0v) is 23.2. The summed E-state index contributed by atoms with van der Waals surface area (Å²) in [6.45, 7) is 6.81. The molecule has 12 heteroatoms. The molecular formula is C30H32F4N4O4. The molecule has 1 fully saturated rings. The number of nitrogens with zero attached hydrogens (tertiary/aromatic N) is 1. The van der Waals surface area contributed by atoms with Gasteiger partial charge >= 0.3 is 6.18 Å². The summed E-state index contributed by atoms with van der Waals surface area (Å²) in [6.07, 6.45) is -2.78. The first kappa shape index (κ1) is 30.8. The van der Waals surface area contributed by atoms with Gasteiger partial charge in [-0.05, 0) is 61.2 Å². The molecule has 0 aliphatic carbocycles. The number of aromatic amines is 1. The Kier molecular flexibility index (Phi) is 9.66. The van der Waals surface area contributed by atoms with Crippen LogP contribution in [0.4, 0.5) is 23.2 Å². The van der Waals surface area contributed by atoms with Crippen LogP contribution in [0.5, 0.6) is 5.75 Å². The molecule has 1 aromatic heterocycles. The topological polar surface area (TPSA) is 104 Å². The van der Waals surface area contributed by atoms with Gasteiger partial charge in [0.15, 0.2) is 0 Å². The Bertz CT molecular complexity index is 1510. The second-order valence-electron chi connectivity index (χ2n) is 10.3. The number of amides is 2. The Morgan fingerprint density at radius 3 is 2.60 bits per heavy atom. The van der Waals surface area contributed by atoms with E-state index in [0.717, 1.165) is 37.7 Å². The molecule has 0 spiro atoms. The highest BCUT2D eigenvalue weighted by Crippen LogP contribution is 2.33. The number of hydrogen-bond acceptors (Lipinski definition) is 5. The number of carbonyl (C=O) groups is 2. The number of pyridine rings is 1. The maximum Gasteiger partial charge on any atom is 0.416 e. The number of likely N-dealkylation sites (tertiary alicyclic amines) is 1. The molecule has 1 atom stereocenters. The van der Waals surface area contributed by atoms with E-state index in [4.69, 9.17) is 4.74 Å². The van der Waals surface area contributed by atoms with Crippen LogP contribution >= 0.6 is 0 Å². The molecule has 0 unspecified atom stereocenters. The van der Waals surface area contributed by atoms with Crippen LogP contribution in [-0.2, 0) is 17.4 Å². The minimum Gasteiger partial charge on any atom is -0.493 e. The van der Waals surface area contributed by atoms with Crippen LogP contribution < -0.4 is 20.9 Å². The van der Waals surface area contributed by atoms with Crippen LogP contribution in [0, 0.1) is 11.7 Å². The van der Waals surface area contributed by atoms with Crippen LogP contribution in [0.2, 0.25) is 0 Å². The lowest BCUT2D eigenvalue weighted by Crippen LogP contribution is -2.34. The molecule has 42 heavy (non-hydrogen) atoms. The molecule has 3 aromatic rings. The third-order valence-electron chi connectivity index (χ3n) is 6.93. The fourth-order valence-electron chi connectivity index (χ4n) is 4.84. The first-order valence-electron chi connectivity index (χ1n) is 13.6. The molecule has 1 aliphatic rings. The number of hydrogen-bond donors (Lipinski definition) is 3. The number of alkyl halides is 3. The minimum atomic E-state index is -4.76. The van der Waals surface area contributed by atoms with E-state index < -0.39 is 35.8 Å². The number of ether oxygens (including phenoxy) is 1. The molecule has 1 saturated heterocycles. The van der Waals surface area contributed by atoms with Crippen LogP contribution in [0.15, 0.2) is 53.5 Å². The molecule has 1 aliphatic heterocycles. The van der Waals surface area contributed by atoms with Gasteiger partial charge < -0.3 is 25.3 Å². The van der Waals surface area contributed by atoms with Gasteiger partial charge in [-0.25, -0.2) is 4.39 Å². The van der Waals surface area contributed by atoms with Crippen LogP contribution in [0.25, 0.3) is 11.1 Å². The zero-order valence-electron chi connectivity index (χ0n) is 23.2. The van der Waals surface area contributed by atoms with Crippen molar-refractivity contribution in [1.82, 2.24) is 15.2 Å². The second kappa shape index (κ2) is 13.2. The third-order valence-corrected chi connectivity index (χ3v) is 6.93. The molecule has 4 rings (SSSR count). The van der Waals surface area contributed by atoms with Crippen molar-refractivity contribution in [1.29, 1.82) is 0 Å². The fraction of sp³-hybridized carbons (Fsp3) is 0.367. The average Bonchev–Trinajstić information content (AvgIpc) is 3.34. The van der Waals surface area contributed by atoms with E-state index in [2.05, 4.69) is 27.4 Å². The summed E-state index contributed by atoms with van der Waals surface area (Å²) in [5.41, 5.74) is -1.14. The van der Waals surface area contributed by atoms with Crippen molar-refractivity contribution >= 4 is 17.5 Å². The highest BCUT2D eigenvalue weighted by atomic mass is 19.4. The Morgan fingerprint density at radius 1 is 1.14 bits per heavy atom. The van der Waals surface area contributed by atoms with E-state index in [9.17, 15) is 31.9 Å². The van der Waals surface area contributed by atoms with Crippen molar-refractivity contribution in [2.45, 2.75) is 32.9 Å². The van der Waals surface area contributed by atoms with E-state index in [-0.39, 0.29) is 41.3 Å². The third kappa shape index (κ3) is 7.96. The lowest BCUT2D eigenvalue weighted by Gasteiger charge is -2.16. The molecule has 224 valence electrons. The largest absolute Gasteiger partial charge is 0.493 e. The average molecular weight is 589 g/mol. The number of H-pyrrole nitrogens is 1. The zero-order chi connectivity index (χ0) is 30.4. The van der Waals surface area contributed by atoms with Crippen molar-refractivity contribution in [2.75, 3.05) is 38.1 Å². The number of benzene rings is 2. The number of rotatable bonds is 10. The van der Waals surface area contributed by atoms with E-state index >= 15 is 0 Å². The van der Waals surface area contributed by atoms with Crippen LogP contribution in [0.3, 0.4) is 0 Å². The maximum atomic E-state index is 15.0. The predicted octanol–water partition coefficient (Wildman–Crippen LogP) is 4.85. The molecule has 2 heterocycles. The van der Waals surface area contributed by atoms with Gasteiger partial charge in [0.2, 0.25) is 5.91 Å². The van der Waals surface area contributed by atoms with Crippen LogP contribution in [0.1, 0.15) is 41.8 Å². The predicted molar refractivity (Wildman–Crippen MR) is 150 cm³/mol. The number of aromatic nitrogens is 1. The second-order valence-corrected chi connectivity index (χ2v) is 10.3. The summed E-state index contributed by atoms with van der Waals surface area (Å²) in [5, 5.41) is 5.00. The Hall–Kier alpha value is -4.19. The van der Waals surface area contributed by atoms with Crippen molar-refractivity contribution in [2.24, 2.45) is 5.92 Å². The van der Waals surface area contributed by atoms with Gasteiger partial charge in [-0.2, -0.15) is 13.2 Å². The summed E-state index contributed by atoms with van der Waals surface area (Å²) < 4.78 is 61.2. The smallest absolute Gasteiger partial charge is 0.416 e. The lowest BCUT2D eigenvalue weighted by atomic mass is 10.0. The van der Waals surface area contributed by atoms with E-state index in [1.165, 1.54) is 30.5 Å². The van der Waals surface area contributed by atoms with Crippen molar-refractivity contribution in [3.05, 3.63) is 81.5 Å². The first-order chi connectivity index (χ1) is 19.9. The number of halogens is 4. The number of anilines is 1. The normalized spacial score (nSPS) is 15.4. The van der Waals surface area contributed by atoms with Crippen molar-refractivity contribution < 1.29 is 31.9 Å². The standard InChI is InChI=1S/C30H32F4N4O4/c1-3-42-26-15-27(39)36-16-24(26)19-4-5-20(25(31)12-19)13-28(40)37-23-11-21(10-22(14-23)30(32,33)34)29(41)35-7-9-38-8-6-18(2)17-38/h4-5,10-12,14-16,18H,3,6-9,13,17H2,1-2H3,(H,35,41)(H,36,39)(H,37,40)/t18-/m1/s1. The van der Waals surface area contributed by atoms with Gasteiger partial charge in [0.1, 0.15) is 11.6 Å². The Morgan fingerprint density at radius 2 is 1.93 bits per heavy atom. The summed E-state index contributed by atoms with van der Waals surface area (Å²) >= 11 is 0. The monoisotopic (exact) mass is 588 g/mol. The molecule has 0 radical (unpaired) electrons. The van der Waals surface area contributed by atoms with E-state index in [0.29, 0.717) is 23.6 Å². The summed E-state index contributed by atoms with van der Waals surface area (Å²) in [6, 6.07) is 7.95. The Balaban J connectivity index is 1.46.